The van der Waals surface area contributed by atoms with Crippen molar-refractivity contribution in [3.8, 4) is 5.75 Å². The van der Waals surface area contributed by atoms with E-state index in [1.54, 1.807) is 6.92 Å². The van der Waals surface area contributed by atoms with Gasteiger partial charge in [0, 0.05) is 6.54 Å². The van der Waals surface area contributed by atoms with Crippen LogP contribution < -0.4 is 15.4 Å². The standard InChI is InChI=1S/C13H20N2O4/c1-10(15-13(18)8-16)14-7-11(17)9-19-12-5-3-2-4-6-12/h2-6,10-11,14,16-17H,7-9H2,1H3,(H,15,18). The Labute approximate surface area is 112 Å². The number of aliphatic hydroxyl groups is 2. The largest absolute Gasteiger partial charge is 0.491 e. The lowest BCUT2D eigenvalue weighted by molar-refractivity contribution is -0.124. The number of carbonyl (C=O) groups excluding carboxylic acids is 1. The van der Waals surface area contributed by atoms with Crippen LogP contribution in [0.25, 0.3) is 0 Å². The first-order valence-electron chi connectivity index (χ1n) is 6.11. The van der Waals surface area contributed by atoms with Crippen molar-refractivity contribution < 1.29 is 19.7 Å². The minimum absolute atomic E-state index is 0.164. The summed E-state index contributed by atoms with van der Waals surface area (Å²) in [4.78, 5) is 10.9. The van der Waals surface area contributed by atoms with E-state index in [0.29, 0.717) is 5.75 Å². The summed E-state index contributed by atoms with van der Waals surface area (Å²) in [5.74, 6) is 0.234. The summed E-state index contributed by atoms with van der Waals surface area (Å²) in [5.41, 5.74) is 0. The molecule has 0 radical (unpaired) electrons. The van der Waals surface area contributed by atoms with Crippen LogP contribution in [0.5, 0.6) is 5.75 Å². The zero-order valence-corrected chi connectivity index (χ0v) is 10.9. The average Bonchev–Trinajstić information content (AvgIpc) is 2.43. The molecule has 1 rings (SSSR count). The van der Waals surface area contributed by atoms with Crippen molar-refractivity contribution >= 4 is 5.91 Å². The third-order valence-electron chi connectivity index (χ3n) is 2.37. The molecule has 6 nitrogen and oxygen atoms in total. The lowest BCUT2D eigenvalue weighted by Crippen LogP contribution is -2.47. The van der Waals surface area contributed by atoms with Gasteiger partial charge in [-0.25, -0.2) is 0 Å². The van der Waals surface area contributed by atoms with Crippen LogP contribution in [0, 0.1) is 0 Å². The Kier molecular flexibility index (Phi) is 6.88. The zero-order valence-electron chi connectivity index (χ0n) is 10.9. The van der Waals surface area contributed by atoms with Gasteiger partial charge in [0.25, 0.3) is 0 Å². The summed E-state index contributed by atoms with van der Waals surface area (Å²) >= 11 is 0. The first kappa shape index (κ1) is 15.4. The lowest BCUT2D eigenvalue weighted by Gasteiger charge is -2.18. The van der Waals surface area contributed by atoms with Gasteiger partial charge in [0.2, 0.25) is 5.91 Å². The van der Waals surface area contributed by atoms with Crippen molar-refractivity contribution in [3.63, 3.8) is 0 Å². The van der Waals surface area contributed by atoms with Crippen LogP contribution in [0.3, 0.4) is 0 Å². The van der Waals surface area contributed by atoms with Gasteiger partial charge < -0.3 is 20.3 Å². The molecular formula is C13H20N2O4. The maximum atomic E-state index is 10.9. The van der Waals surface area contributed by atoms with Gasteiger partial charge in [-0.3, -0.25) is 10.1 Å². The number of benzene rings is 1. The Hall–Kier alpha value is -1.63. The molecule has 2 atom stereocenters. The van der Waals surface area contributed by atoms with Gasteiger partial charge in [0.05, 0.1) is 6.17 Å². The second-order valence-electron chi connectivity index (χ2n) is 4.13. The molecule has 1 aromatic carbocycles. The van der Waals surface area contributed by atoms with Gasteiger partial charge >= 0.3 is 0 Å². The summed E-state index contributed by atoms with van der Waals surface area (Å²) in [6, 6.07) is 9.21. The summed E-state index contributed by atoms with van der Waals surface area (Å²) in [7, 11) is 0. The molecule has 19 heavy (non-hydrogen) atoms. The minimum atomic E-state index is -0.686. The summed E-state index contributed by atoms with van der Waals surface area (Å²) in [6.45, 7) is 1.61. The smallest absolute Gasteiger partial charge is 0.246 e. The van der Waals surface area contributed by atoms with E-state index in [9.17, 15) is 9.90 Å². The lowest BCUT2D eigenvalue weighted by atomic mass is 10.3. The Morgan fingerprint density at radius 1 is 1.37 bits per heavy atom. The van der Waals surface area contributed by atoms with Crippen molar-refractivity contribution in [2.75, 3.05) is 19.8 Å². The summed E-state index contributed by atoms with van der Waals surface area (Å²) in [5, 5.41) is 23.7. The molecule has 0 heterocycles. The molecule has 0 spiro atoms. The van der Waals surface area contributed by atoms with Gasteiger partial charge in [-0.05, 0) is 19.1 Å². The molecule has 1 amide bonds. The second-order valence-corrected chi connectivity index (χ2v) is 4.13. The Bertz CT molecular complexity index is 372. The fourth-order valence-electron chi connectivity index (χ4n) is 1.42. The maximum absolute atomic E-state index is 10.9. The third kappa shape index (κ3) is 6.76. The van der Waals surface area contributed by atoms with E-state index in [4.69, 9.17) is 9.84 Å². The van der Waals surface area contributed by atoms with Crippen LogP contribution in [-0.4, -0.2) is 48.1 Å². The molecule has 0 aliphatic rings. The highest BCUT2D eigenvalue weighted by molar-refractivity contribution is 5.77. The van der Waals surface area contributed by atoms with Crippen LogP contribution in [0.2, 0.25) is 0 Å². The van der Waals surface area contributed by atoms with Gasteiger partial charge in [-0.2, -0.15) is 0 Å². The Balaban J connectivity index is 2.17. The normalized spacial score (nSPS) is 13.6. The molecule has 0 fully saturated rings. The van der Waals surface area contributed by atoms with Gasteiger partial charge in [0.15, 0.2) is 0 Å². The molecule has 0 saturated heterocycles. The molecule has 4 N–H and O–H groups in total. The van der Waals surface area contributed by atoms with E-state index >= 15 is 0 Å². The number of ether oxygens (including phenoxy) is 1. The van der Waals surface area contributed by atoms with E-state index in [1.807, 2.05) is 30.3 Å². The highest BCUT2D eigenvalue weighted by Gasteiger charge is 2.09. The van der Waals surface area contributed by atoms with Gasteiger partial charge in [-0.1, -0.05) is 18.2 Å². The molecule has 0 saturated carbocycles. The number of aliphatic hydroxyl groups excluding tert-OH is 2. The van der Waals surface area contributed by atoms with E-state index in [1.165, 1.54) is 0 Å². The van der Waals surface area contributed by atoms with Crippen LogP contribution in [-0.2, 0) is 4.79 Å². The summed E-state index contributed by atoms with van der Waals surface area (Å²) in [6.07, 6.45) is -1.01. The third-order valence-corrected chi connectivity index (χ3v) is 2.37. The van der Waals surface area contributed by atoms with Crippen LogP contribution in [0.1, 0.15) is 6.92 Å². The highest BCUT2D eigenvalue weighted by atomic mass is 16.5. The van der Waals surface area contributed by atoms with E-state index in [2.05, 4.69) is 10.6 Å². The molecule has 106 valence electrons. The summed E-state index contributed by atoms with van der Waals surface area (Å²) < 4.78 is 5.38. The fourth-order valence-corrected chi connectivity index (χ4v) is 1.42. The van der Waals surface area contributed by atoms with Crippen molar-refractivity contribution in [2.24, 2.45) is 0 Å². The van der Waals surface area contributed by atoms with Crippen molar-refractivity contribution in [1.82, 2.24) is 10.6 Å². The molecule has 6 heteroatoms. The molecule has 0 aromatic heterocycles. The number of hydrogen-bond acceptors (Lipinski definition) is 5. The molecular weight excluding hydrogens is 248 g/mol. The zero-order chi connectivity index (χ0) is 14.1. The molecule has 0 aliphatic carbocycles. The first-order chi connectivity index (χ1) is 9.11. The van der Waals surface area contributed by atoms with Gasteiger partial charge in [0.1, 0.15) is 25.1 Å². The van der Waals surface area contributed by atoms with Crippen LogP contribution in [0.4, 0.5) is 0 Å². The van der Waals surface area contributed by atoms with Gasteiger partial charge in [-0.15, -0.1) is 0 Å². The molecule has 0 bridgehead atoms. The number of rotatable bonds is 8. The Morgan fingerprint density at radius 3 is 2.68 bits per heavy atom. The number of amides is 1. The van der Waals surface area contributed by atoms with Crippen molar-refractivity contribution in [3.05, 3.63) is 30.3 Å². The minimum Gasteiger partial charge on any atom is -0.491 e. The monoisotopic (exact) mass is 268 g/mol. The second kappa shape index (κ2) is 8.47. The van der Waals surface area contributed by atoms with E-state index < -0.39 is 18.6 Å². The maximum Gasteiger partial charge on any atom is 0.246 e. The first-order valence-corrected chi connectivity index (χ1v) is 6.11. The van der Waals surface area contributed by atoms with Crippen molar-refractivity contribution in [1.29, 1.82) is 0 Å². The quantitative estimate of drug-likeness (QED) is 0.476. The SMILES string of the molecule is CC(NCC(O)COc1ccccc1)NC(=O)CO. The number of para-hydroxylation sites is 1. The molecule has 2 unspecified atom stereocenters. The van der Waals surface area contributed by atoms with Crippen molar-refractivity contribution in [2.45, 2.75) is 19.2 Å². The molecule has 1 aromatic rings. The number of hydrogen-bond donors (Lipinski definition) is 4. The van der Waals surface area contributed by atoms with Crippen LogP contribution >= 0.6 is 0 Å². The molecule has 0 aliphatic heterocycles. The average molecular weight is 268 g/mol. The number of carbonyl (C=O) groups is 1. The topological polar surface area (TPSA) is 90.8 Å². The Morgan fingerprint density at radius 2 is 2.05 bits per heavy atom. The predicted molar refractivity (Wildman–Crippen MR) is 70.6 cm³/mol. The van der Waals surface area contributed by atoms with Crippen LogP contribution in [0.15, 0.2) is 30.3 Å². The predicted octanol–water partition coefficient (Wildman–Crippen LogP) is -0.530. The van der Waals surface area contributed by atoms with E-state index in [0.717, 1.165) is 0 Å². The fraction of sp³-hybridized carbons (Fsp3) is 0.462. The highest BCUT2D eigenvalue weighted by Crippen LogP contribution is 2.08. The van der Waals surface area contributed by atoms with E-state index in [-0.39, 0.29) is 19.3 Å². The number of nitrogens with one attached hydrogen (secondary N) is 2.